The van der Waals surface area contributed by atoms with Gasteiger partial charge in [0.15, 0.2) is 0 Å². The maximum atomic E-state index is 11.1. The van der Waals surface area contributed by atoms with Gasteiger partial charge in [-0.15, -0.1) is 0 Å². The molecule has 0 aliphatic rings. The number of benzene rings is 2. The van der Waals surface area contributed by atoms with E-state index in [9.17, 15) is 10.1 Å². The number of hydrogen-bond donors (Lipinski definition) is 1. The highest BCUT2D eigenvalue weighted by atomic mass is 35.5. The maximum absolute atomic E-state index is 11.1. The summed E-state index contributed by atoms with van der Waals surface area (Å²) in [5.41, 5.74) is 0.263. The number of para-hydroxylation sites is 2. The highest BCUT2D eigenvalue weighted by Gasteiger charge is 2.21. The summed E-state index contributed by atoms with van der Waals surface area (Å²) in [7, 11) is 1.61. The van der Waals surface area contributed by atoms with Crippen molar-refractivity contribution in [3.63, 3.8) is 0 Å². The van der Waals surface area contributed by atoms with Crippen LogP contribution in [-0.4, -0.2) is 12.0 Å². The van der Waals surface area contributed by atoms with Gasteiger partial charge in [-0.25, -0.2) is 0 Å². The van der Waals surface area contributed by atoms with Gasteiger partial charge in [0.1, 0.15) is 11.4 Å². The lowest BCUT2D eigenvalue weighted by molar-refractivity contribution is -0.384. The van der Waals surface area contributed by atoms with E-state index in [0.29, 0.717) is 16.5 Å². The number of hydrogen-bond acceptors (Lipinski definition) is 4. The molecule has 1 N–H and O–H groups in total. The molecule has 0 aliphatic carbocycles. The minimum Gasteiger partial charge on any atom is -0.448 e. The molecule has 98 valence electrons. The first kappa shape index (κ1) is 13.2. The zero-order valence-electron chi connectivity index (χ0n) is 10.1. The van der Waals surface area contributed by atoms with Crippen LogP contribution >= 0.6 is 11.6 Å². The highest BCUT2D eigenvalue weighted by Crippen LogP contribution is 2.38. The van der Waals surface area contributed by atoms with Crippen LogP contribution in [0, 0.1) is 10.1 Å². The third-order valence-corrected chi connectivity index (χ3v) is 2.82. The smallest absolute Gasteiger partial charge is 0.334 e. The van der Waals surface area contributed by atoms with Gasteiger partial charge in [0.2, 0.25) is 5.75 Å². The Morgan fingerprint density at radius 1 is 1.16 bits per heavy atom. The van der Waals surface area contributed by atoms with E-state index in [1.165, 1.54) is 6.07 Å². The second-order valence-corrected chi connectivity index (χ2v) is 4.10. The Kier molecular flexibility index (Phi) is 3.87. The zero-order valence-corrected chi connectivity index (χ0v) is 10.8. The van der Waals surface area contributed by atoms with Crippen molar-refractivity contribution in [1.29, 1.82) is 0 Å². The summed E-state index contributed by atoms with van der Waals surface area (Å²) in [6, 6.07) is 11.6. The van der Waals surface area contributed by atoms with Crippen molar-refractivity contribution in [3.05, 3.63) is 57.6 Å². The summed E-state index contributed by atoms with van der Waals surface area (Å²) in [4.78, 5) is 10.6. The van der Waals surface area contributed by atoms with Crippen LogP contribution in [0.3, 0.4) is 0 Å². The van der Waals surface area contributed by atoms with Gasteiger partial charge < -0.3 is 10.1 Å². The molecule has 2 rings (SSSR count). The van der Waals surface area contributed by atoms with Crippen LogP contribution in [-0.2, 0) is 0 Å². The molecule has 0 bridgehead atoms. The van der Waals surface area contributed by atoms with E-state index in [4.69, 9.17) is 16.3 Å². The van der Waals surface area contributed by atoms with Crippen LogP contribution in [0.2, 0.25) is 5.02 Å². The predicted molar refractivity (Wildman–Crippen MR) is 74.2 cm³/mol. The normalized spacial score (nSPS) is 10.0. The summed E-state index contributed by atoms with van der Waals surface area (Å²) >= 11 is 5.97. The van der Waals surface area contributed by atoms with E-state index in [-0.39, 0.29) is 11.4 Å². The number of halogens is 1. The zero-order chi connectivity index (χ0) is 13.8. The predicted octanol–water partition coefficient (Wildman–Crippen LogP) is 4.08. The fraction of sp³-hybridized carbons (Fsp3) is 0.0769. The minimum atomic E-state index is -0.488. The third-order valence-electron chi connectivity index (χ3n) is 2.51. The first-order valence-corrected chi connectivity index (χ1v) is 5.89. The van der Waals surface area contributed by atoms with Crippen LogP contribution in [0.5, 0.6) is 11.5 Å². The highest BCUT2D eigenvalue weighted by molar-refractivity contribution is 6.32. The number of nitro benzene ring substituents is 1. The summed E-state index contributed by atoms with van der Waals surface area (Å²) in [5, 5.41) is 14.3. The molecule has 0 aromatic heterocycles. The molecule has 0 unspecified atom stereocenters. The van der Waals surface area contributed by atoms with Crippen molar-refractivity contribution in [3.8, 4) is 11.5 Å². The second-order valence-electron chi connectivity index (χ2n) is 3.69. The summed E-state index contributed by atoms with van der Waals surface area (Å²) in [6.45, 7) is 0. The molecule has 6 heteroatoms. The number of rotatable bonds is 4. The maximum Gasteiger partial charge on any atom is 0.334 e. The standard InChI is InChI=1S/C13H11ClN2O3/c1-15-10-6-4-8-12(13(10)16(17)18)19-11-7-3-2-5-9(11)14/h2-8,15H,1H3. The van der Waals surface area contributed by atoms with Crippen LogP contribution in [0.25, 0.3) is 0 Å². The van der Waals surface area contributed by atoms with Crippen LogP contribution in [0.4, 0.5) is 11.4 Å². The van der Waals surface area contributed by atoms with Gasteiger partial charge in [-0.05, 0) is 24.3 Å². The average molecular weight is 279 g/mol. The quantitative estimate of drug-likeness (QED) is 0.676. The molecule has 0 spiro atoms. The van der Waals surface area contributed by atoms with E-state index in [1.807, 2.05) is 0 Å². The van der Waals surface area contributed by atoms with Gasteiger partial charge in [0.25, 0.3) is 0 Å². The van der Waals surface area contributed by atoms with Gasteiger partial charge in [-0.1, -0.05) is 29.8 Å². The van der Waals surface area contributed by atoms with Crippen molar-refractivity contribution in [1.82, 2.24) is 0 Å². The van der Waals surface area contributed by atoms with E-state index >= 15 is 0 Å². The monoisotopic (exact) mass is 278 g/mol. The van der Waals surface area contributed by atoms with Gasteiger partial charge >= 0.3 is 5.69 Å². The van der Waals surface area contributed by atoms with Gasteiger partial charge in [-0.3, -0.25) is 10.1 Å². The van der Waals surface area contributed by atoms with Crippen LogP contribution < -0.4 is 10.1 Å². The van der Waals surface area contributed by atoms with Crippen molar-refractivity contribution < 1.29 is 9.66 Å². The van der Waals surface area contributed by atoms with E-state index in [1.54, 1.807) is 43.4 Å². The van der Waals surface area contributed by atoms with E-state index in [2.05, 4.69) is 5.32 Å². The number of anilines is 1. The van der Waals surface area contributed by atoms with E-state index in [0.717, 1.165) is 0 Å². The molecule has 0 fully saturated rings. The topological polar surface area (TPSA) is 64.4 Å². The van der Waals surface area contributed by atoms with Crippen molar-refractivity contribution in [2.75, 3.05) is 12.4 Å². The second kappa shape index (κ2) is 5.58. The van der Waals surface area contributed by atoms with E-state index < -0.39 is 4.92 Å². The lowest BCUT2D eigenvalue weighted by Crippen LogP contribution is -1.99. The molecule has 19 heavy (non-hydrogen) atoms. The number of nitro groups is 1. The Labute approximate surface area is 114 Å². The molecule has 2 aromatic rings. The number of nitrogens with zero attached hydrogens (tertiary/aromatic N) is 1. The van der Waals surface area contributed by atoms with Gasteiger partial charge in [0.05, 0.1) is 9.95 Å². The Morgan fingerprint density at radius 3 is 2.47 bits per heavy atom. The molecular weight excluding hydrogens is 268 g/mol. The van der Waals surface area contributed by atoms with Crippen LogP contribution in [0.15, 0.2) is 42.5 Å². The largest absolute Gasteiger partial charge is 0.448 e. The number of nitrogens with one attached hydrogen (secondary N) is 1. The Hall–Kier alpha value is -2.27. The van der Waals surface area contributed by atoms with Gasteiger partial charge in [-0.2, -0.15) is 0 Å². The minimum absolute atomic E-state index is 0.120. The fourth-order valence-electron chi connectivity index (χ4n) is 1.64. The molecule has 0 atom stereocenters. The average Bonchev–Trinajstić information content (AvgIpc) is 2.40. The van der Waals surface area contributed by atoms with Crippen molar-refractivity contribution in [2.45, 2.75) is 0 Å². The molecule has 0 radical (unpaired) electrons. The number of ether oxygens (including phenoxy) is 1. The molecular formula is C13H11ClN2O3. The van der Waals surface area contributed by atoms with Crippen molar-refractivity contribution >= 4 is 23.0 Å². The van der Waals surface area contributed by atoms with Crippen molar-refractivity contribution in [2.24, 2.45) is 0 Å². The molecule has 0 aliphatic heterocycles. The molecule has 5 nitrogen and oxygen atoms in total. The fourth-order valence-corrected chi connectivity index (χ4v) is 1.82. The Morgan fingerprint density at radius 2 is 1.84 bits per heavy atom. The lowest BCUT2D eigenvalue weighted by Gasteiger charge is -2.10. The lowest BCUT2D eigenvalue weighted by atomic mass is 10.2. The molecule has 0 heterocycles. The molecule has 0 saturated carbocycles. The Balaban J connectivity index is 2.46. The Bertz CT molecular complexity index is 617. The van der Waals surface area contributed by atoms with Gasteiger partial charge in [0, 0.05) is 7.05 Å². The summed E-state index contributed by atoms with van der Waals surface area (Å²) in [6.07, 6.45) is 0. The third kappa shape index (κ3) is 2.77. The summed E-state index contributed by atoms with van der Waals surface area (Å²) in [5.74, 6) is 0.519. The molecule has 0 saturated heterocycles. The summed E-state index contributed by atoms with van der Waals surface area (Å²) < 4.78 is 5.53. The molecule has 2 aromatic carbocycles. The molecule has 0 amide bonds. The first-order chi connectivity index (χ1) is 9.13. The SMILES string of the molecule is CNc1cccc(Oc2ccccc2Cl)c1[N+](=O)[O-]. The first-order valence-electron chi connectivity index (χ1n) is 5.51. The van der Waals surface area contributed by atoms with Crippen LogP contribution in [0.1, 0.15) is 0 Å².